The summed E-state index contributed by atoms with van der Waals surface area (Å²) in [6.07, 6.45) is 3.16. The molecule has 1 saturated heterocycles. The highest BCUT2D eigenvalue weighted by molar-refractivity contribution is 5.77. The lowest BCUT2D eigenvalue weighted by Crippen LogP contribution is -2.31. The molecule has 1 amide bonds. The fourth-order valence-corrected chi connectivity index (χ4v) is 4.15. The minimum absolute atomic E-state index is 0.0749. The third-order valence-corrected chi connectivity index (χ3v) is 6.79. The summed E-state index contributed by atoms with van der Waals surface area (Å²) in [5, 5.41) is 11.0. The van der Waals surface area contributed by atoms with Gasteiger partial charge in [0.25, 0.3) is 0 Å². The summed E-state index contributed by atoms with van der Waals surface area (Å²) >= 11 is 0. The summed E-state index contributed by atoms with van der Waals surface area (Å²) in [6, 6.07) is 0. The van der Waals surface area contributed by atoms with E-state index in [9.17, 15) is 9.59 Å². The molecule has 1 heterocycles. The number of aliphatic carboxylic acids is 1. The topological polar surface area (TPSA) is 205 Å². The van der Waals surface area contributed by atoms with Crippen LogP contribution in [0.15, 0.2) is 0 Å². The average Bonchev–Trinajstić information content (AvgIpc) is 3.17. The van der Waals surface area contributed by atoms with E-state index in [4.69, 9.17) is 71.4 Å². The van der Waals surface area contributed by atoms with Crippen LogP contribution in [0.2, 0.25) is 0 Å². The number of amides is 1. The van der Waals surface area contributed by atoms with Gasteiger partial charge in [-0.25, -0.2) is 4.79 Å². The van der Waals surface area contributed by atoms with Crippen LogP contribution in [0, 0.1) is 0 Å². The standard InChI is InChI=1S/C35H67NO18/c37-33(31-52-32-34(38)39)36-4-6-40-7-8-41-9-10-42-11-12-43-13-14-44-15-16-45-17-18-46-19-20-47-21-22-48-23-24-49-25-26-50-27-28-51-29-30-54-35-3-1-2-5-53-35/h35H,1-32H2,(H,36,37)(H,38,39). The van der Waals surface area contributed by atoms with Crippen molar-refractivity contribution in [1.29, 1.82) is 0 Å². The Morgan fingerprint density at radius 3 is 1.09 bits per heavy atom. The molecule has 54 heavy (non-hydrogen) atoms. The molecule has 2 N–H and O–H groups in total. The molecule has 0 aliphatic carbocycles. The lowest BCUT2D eigenvalue weighted by Gasteiger charge is -2.22. The van der Waals surface area contributed by atoms with Crippen LogP contribution in [0.4, 0.5) is 0 Å². The van der Waals surface area contributed by atoms with Gasteiger partial charge in [-0.05, 0) is 19.3 Å². The van der Waals surface area contributed by atoms with Gasteiger partial charge < -0.3 is 81.5 Å². The maximum Gasteiger partial charge on any atom is 0.329 e. The number of carboxylic acids is 1. The zero-order chi connectivity index (χ0) is 38.7. The molecule has 1 unspecified atom stereocenters. The van der Waals surface area contributed by atoms with Crippen molar-refractivity contribution in [2.24, 2.45) is 0 Å². The van der Waals surface area contributed by atoms with Crippen LogP contribution in [-0.2, 0) is 80.6 Å². The summed E-state index contributed by atoms with van der Waals surface area (Å²) in [5.74, 6) is -1.52. The Balaban J connectivity index is 1.61. The van der Waals surface area contributed by atoms with Gasteiger partial charge in [0.2, 0.25) is 5.91 Å². The third kappa shape index (κ3) is 40.0. The van der Waals surface area contributed by atoms with Crippen molar-refractivity contribution in [3.05, 3.63) is 0 Å². The summed E-state index contributed by atoms with van der Waals surface area (Å²) in [6.45, 7) is 12.1. The summed E-state index contributed by atoms with van der Waals surface area (Å²) in [4.78, 5) is 21.7. The minimum atomic E-state index is -1.12. The van der Waals surface area contributed by atoms with Crippen LogP contribution in [0.25, 0.3) is 0 Å². The number of hydrogen-bond acceptors (Lipinski definition) is 17. The van der Waals surface area contributed by atoms with E-state index in [0.717, 1.165) is 25.9 Å². The molecule has 1 aliphatic heterocycles. The van der Waals surface area contributed by atoms with Gasteiger partial charge in [0, 0.05) is 13.2 Å². The van der Waals surface area contributed by atoms with E-state index in [1.165, 1.54) is 0 Å². The van der Waals surface area contributed by atoms with Gasteiger partial charge in [-0.3, -0.25) is 4.79 Å². The van der Waals surface area contributed by atoms with Crippen LogP contribution in [0.3, 0.4) is 0 Å². The number of carbonyl (C=O) groups is 2. The Bertz CT molecular complexity index is 795. The molecule has 1 aliphatic rings. The monoisotopic (exact) mass is 789 g/mol. The maximum absolute atomic E-state index is 11.4. The number of carbonyl (C=O) groups excluding carboxylic acids is 1. The molecule has 0 radical (unpaired) electrons. The van der Waals surface area contributed by atoms with Crippen molar-refractivity contribution in [1.82, 2.24) is 5.32 Å². The van der Waals surface area contributed by atoms with E-state index in [0.29, 0.717) is 172 Å². The lowest BCUT2D eigenvalue weighted by molar-refractivity contribution is -0.169. The second-order valence-corrected chi connectivity index (χ2v) is 11.3. The molecule has 0 aromatic carbocycles. The van der Waals surface area contributed by atoms with Crippen molar-refractivity contribution in [2.75, 3.05) is 192 Å². The number of rotatable bonds is 44. The van der Waals surface area contributed by atoms with Crippen molar-refractivity contribution in [3.63, 3.8) is 0 Å². The van der Waals surface area contributed by atoms with E-state index in [1.807, 2.05) is 0 Å². The quantitative estimate of drug-likeness (QED) is 0.0777. The number of ether oxygens (including phenoxy) is 15. The van der Waals surface area contributed by atoms with Gasteiger partial charge in [-0.2, -0.15) is 0 Å². The van der Waals surface area contributed by atoms with E-state index in [1.54, 1.807) is 0 Å². The fourth-order valence-electron chi connectivity index (χ4n) is 4.15. The first-order valence-corrected chi connectivity index (χ1v) is 18.9. The highest BCUT2D eigenvalue weighted by Crippen LogP contribution is 2.13. The van der Waals surface area contributed by atoms with Crippen LogP contribution < -0.4 is 5.32 Å². The minimum Gasteiger partial charge on any atom is -0.480 e. The van der Waals surface area contributed by atoms with E-state index < -0.39 is 18.5 Å². The van der Waals surface area contributed by atoms with Gasteiger partial charge in [-0.15, -0.1) is 0 Å². The summed E-state index contributed by atoms with van der Waals surface area (Å²) < 4.78 is 81.3. The highest BCUT2D eigenvalue weighted by Gasteiger charge is 2.13. The molecular weight excluding hydrogens is 722 g/mol. The molecule has 0 bridgehead atoms. The smallest absolute Gasteiger partial charge is 0.329 e. The second-order valence-electron chi connectivity index (χ2n) is 11.3. The summed E-state index contributed by atoms with van der Waals surface area (Å²) in [5.41, 5.74) is 0. The maximum atomic E-state index is 11.4. The Kier molecular flexibility index (Phi) is 39.6. The van der Waals surface area contributed by atoms with Gasteiger partial charge in [0.15, 0.2) is 6.29 Å². The average molecular weight is 790 g/mol. The van der Waals surface area contributed by atoms with Gasteiger partial charge in [-0.1, -0.05) is 0 Å². The zero-order valence-electron chi connectivity index (χ0n) is 32.1. The predicted molar refractivity (Wildman–Crippen MR) is 191 cm³/mol. The first-order chi connectivity index (χ1) is 26.7. The van der Waals surface area contributed by atoms with Gasteiger partial charge in [0.05, 0.1) is 165 Å². The number of hydrogen-bond donors (Lipinski definition) is 2. The number of carboxylic acid groups (broad SMARTS) is 1. The highest BCUT2D eigenvalue weighted by atomic mass is 16.7. The SMILES string of the molecule is O=C(O)COCC(=O)NCCOCCOCCOCCOCCOCCOCCOCCOCCOCCOCCOCCOCCOC1CCCCO1. The largest absolute Gasteiger partial charge is 0.480 e. The molecule has 1 atom stereocenters. The molecule has 1 rings (SSSR count). The van der Waals surface area contributed by atoms with Crippen LogP contribution >= 0.6 is 0 Å². The van der Waals surface area contributed by atoms with Crippen LogP contribution in [-0.4, -0.2) is 215 Å². The fraction of sp³-hybridized carbons (Fsp3) is 0.943. The molecule has 320 valence electrons. The first-order valence-electron chi connectivity index (χ1n) is 18.9. The van der Waals surface area contributed by atoms with Gasteiger partial charge in [0.1, 0.15) is 13.2 Å². The van der Waals surface area contributed by atoms with Gasteiger partial charge >= 0.3 is 5.97 Å². The molecule has 1 fully saturated rings. The van der Waals surface area contributed by atoms with E-state index in [-0.39, 0.29) is 12.9 Å². The third-order valence-electron chi connectivity index (χ3n) is 6.79. The Morgan fingerprint density at radius 1 is 0.444 bits per heavy atom. The molecule has 0 spiro atoms. The Labute approximate surface area is 320 Å². The Morgan fingerprint density at radius 2 is 0.778 bits per heavy atom. The molecule has 19 nitrogen and oxygen atoms in total. The van der Waals surface area contributed by atoms with E-state index >= 15 is 0 Å². The molecule has 0 saturated carbocycles. The zero-order valence-corrected chi connectivity index (χ0v) is 32.1. The molecular formula is C35H67NO18. The van der Waals surface area contributed by atoms with Crippen molar-refractivity contribution >= 4 is 11.9 Å². The van der Waals surface area contributed by atoms with Crippen LogP contribution in [0.1, 0.15) is 19.3 Å². The Hall–Kier alpha value is -1.66. The lowest BCUT2D eigenvalue weighted by atomic mass is 10.2. The molecule has 19 heteroatoms. The van der Waals surface area contributed by atoms with Crippen molar-refractivity contribution in [2.45, 2.75) is 25.6 Å². The van der Waals surface area contributed by atoms with E-state index in [2.05, 4.69) is 10.1 Å². The second kappa shape index (κ2) is 42.5. The molecule has 0 aromatic rings. The summed E-state index contributed by atoms with van der Waals surface area (Å²) in [7, 11) is 0. The number of nitrogens with one attached hydrogen (secondary N) is 1. The van der Waals surface area contributed by atoms with Crippen LogP contribution in [0.5, 0.6) is 0 Å². The van der Waals surface area contributed by atoms with Crippen molar-refractivity contribution in [3.8, 4) is 0 Å². The van der Waals surface area contributed by atoms with Crippen molar-refractivity contribution < 1.29 is 85.7 Å². The predicted octanol–water partition coefficient (Wildman–Crippen LogP) is -0.0538. The first kappa shape index (κ1) is 50.4. The normalized spacial score (nSPS) is 14.5. The molecule has 0 aromatic heterocycles.